The Labute approximate surface area is 263 Å². The highest BCUT2D eigenvalue weighted by Crippen LogP contribution is 2.48. The van der Waals surface area contributed by atoms with Gasteiger partial charge < -0.3 is 29.3 Å². The molecule has 2 atom stereocenters. The van der Waals surface area contributed by atoms with Crippen LogP contribution in [0.1, 0.15) is 54.7 Å². The number of aliphatic hydroxyl groups is 1. The number of fused-ring (bicyclic) bond motifs is 1. The summed E-state index contributed by atoms with van der Waals surface area (Å²) in [6.07, 6.45) is -1.43. The van der Waals surface area contributed by atoms with Crippen molar-refractivity contribution in [3.05, 3.63) is 88.6 Å². The number of carboxylic acid groups (broad SMARTS) is 1. The monoisotopic (exact) mass is 634 g/mol. The maximum absolute atomic E-state index is 12.9. The minimum absolute atomic E-state index is 0.139. The molecule has 0 spiro atoms. The lowest BCUT2D eigenvalue weighted by molar-refractivity contribution is -0.274. The summed E-state index contributed by atoms with van der Waals surface area (Å²) in [7, 11) is 0. The predicted octanol–water partition coefficient (Wildman–Crippen LogP) is 7.34. The molecule has 0 amide bonds. The van der Waals surface area contributed by atoms with Crippen molar-refractivity contribution < 1.29 is 42.4 Å². The molecule has 0 saturated carbocycles. The van der Waals surface area contributed by atoms with Crippen molar-refractivity contribution in [2.75, 3.05) is 11.5 Å². The smallest absolute Gasteiger partial charge is 0.493 e. The van der Waals surface area contributed by atoms with Crippen LogP contribution in [0.4, 0.5) is 18.9 Å². The van der Waals surface area contributed by atoms with Gasteiger partial charge in [0.2, 0.25) is 0 Å². The molecule has 0 radical (unpaired) electrons. The lowest BCUT2D eigenvalue weighted by atomic mass is 9.84. The maximum Gasteiger partial charge on any atom is 0.573 e. The molecule has 0 bridgehead atoms. The zero-order valence-corrected chi connectivity index (χ0v) is 25.7. The Bertz CT molecular complexity index is 1840. The van der Waals surface area contributed by atoms with Gasteiger partial charge in [-0.15, -0.1) is 13.2 Å². The number of aryl methyl sites for hydroxylation is 1. The summed E-state index contributed by atoms with van der Waals surface area (Å²) in [4.78, 5) is 19.3. The largest absolute Gasteiger partial charge is 0.573 e. The average Bonchev–Trinajstić information content (AvgIpc) is 2.97. The van der Waals surface area contributed by atoms with Crippen LogP contribution in [-0.2, 0) is 22.5 Å². The Hall–Kier alpha value is -4.61. The van der Waals surface area contributed by atoms with E-state index in [1.54, 1.807) is 50.9 Å². The fraction of sp³-hybridized carbons (Fsp3) is 0.314. The number of pyridine rings is 1. The molecule has 2 unspecified atom stereocenters. The van der Waals surface area contributed by atoms with E-state index in [0.717, 1.165) is 10.9 Å². The van der Waals surface area contributed by atoms with Gasteiger partial charge in [-0.25, -0.2) is 4.79 Å². The first kappa shape index (κ1) is 31.4. The number of ether oxygens (including phenoxy) is 3. The molecule has 240 valence electrons. The molecule has 2 aliphatic rings. The molecular weight excluding hydrogens is 601 g/mol. The first-order valence-electron chi connectivity index (χ1n) is 14.8. The highest BCUT2D eigenvalue weighted by molar-refractivity contribution is 6.04. The Kier molecular flexibility index (Phi) is 7.94. The maximum atomic E-state index is 12.9. The van der Waals surface area contributed by atoms with Gasteiger partial charge in [-0.3, -0.25) is 4.98 Å². The second kappa shape index (κ2) is 11.6. The second-order valence-electron chi connectivity index (χ2n) is 12.4. The lowest BCUT2D eigenvalue weighted by Gasteiger charge is -2.36. The number of aliphatic carboxylic acids is 1. The van der Waals surface area contributed by atoms with Crippen molar-refractivity contribution in [3.63, 3.8) is 0 Å². The number of rotatable bonds is 7. The van der Waals surface area contributed by atoms with Crippen molar-refractivity contribution in [1.82, 2.24) is 4.98 Å². The average molecular weight is 635 g/mol. The Morgan fingerprint density at radius 3 is 2.54 bits per heavy atom. The van der Waals surface area contributed by atoms with E-state index < -0.39 is 30.3 Å². The molecule has 2 aliphatic heterocycles. The highest BCUT2D eigenvalue weighted by Gasteiger charge is 2.36. The third-order valence-electron chi connectivity index (χ3n) is 7.96. The minimum atomic E-state index is -4.81. The summed E-state index contributed by atoms with van der Waals surface area (Å²) in [5, 5.41) is 22.5. The van der Waals surface area contributed by atoms with E-state index in [1.165, 1.54) is 24.3 Å². The number of alkyl halides is 3. The molecular formula is C35H33F3N2O6. The lowest BCUT2D eigenvalue weighted by Crippen LogP contribution is -2.36. The number of hydrogen-bond acceptors (Lipinski definition) is 7. The molecule has 0 aliphatic carbocycles. The summed E-state index contributed by atoms with van der Waals surface area (Å²) >= 11 is 0. The quantitative estimate of drug-likeness (QED) is 0.218. The summed E-state index contributed by atoms with van der Waals surface area (Å²) < 4.78 is 54.3. The number of carbonyl (C=O) groups is 1. The number of hydrogen-bond donors (Lipinski definition) is 2. The van der Waals surface area contributed by atoms with E-state index in [1.807, 2.05) is 24.3 Å². The van der Waals surface area contributed by atoms with Crippen molar-refractivity contribution in [2.24, 2.45) is 0 Å². The SMILES string of the molecule is Cc1cc2c(c(-c3ccc4c5c(ccnc35)CCO4)c1C(OC(C)(C)C)C(=O)O)C=CC(O)N2Cc1ccc(OC(F)(F)F)cc1. The minimum Gasteiger partial charge on any atom is -0.493 e. The fourth-order valence-electron chi connectivity index (χ4n) is 6.16. The molecule has 11 heteroatoms. The van der Waals surface area contributed by atoms with E-state index in [2.05, 4.69) is 4.74 Å². The Morgan fingerprint density at radius 2 is 1.87 bits per heavy atom. The first-order chi connectivity index (χ1) is 21.7. The summed E-state index contributed by atoms with van der Waals surface area (Å²) in [5.41, 5.74) is 5.14. The number of carboxylic acids is 1. The van der Waals surface area contributed by atoms with Gasteiger partial charge >= 0.3 is 12.3 Å². The molecule has 4 aromatic rings. The fourth-order valence-corrected chi connectivity index (χ4v) is 6.16. The van der Waals surface area contributed by atoms with Crippen molar-refractivity contribution in [1.29, 1.82) is 0 Å². The van der Waals surface area contributed by atoms with E-state index in [0.29, 0.717) is 63.4 Å². The van der Waals surface area contributed by atoms with E-state index in [-0.39, 0.29) is 12.3 Å². The van der Waals surface area contributed by atoms with Gasteiger partial charge in [0.25, 0.3) is 0 Å². The number of benzene rings is 3. The summed E-state index contributed by atoms with van der Waals surface area (Å²) in [6.45, 7) is 7.85. The van der Waals surface area contributed by atoms with Crippen molar-refractivity contribution in [3.8, 4) is 22.6 Å². The third-order valence-corrected chi connectivity index (χ3v) is 7.96. The van der Waals surface area contributed by atoms with Crippen LogP contribution < -0.4 is 14.4 Å². The molecule has 3 aromatic carbocycles. The number of aromatic nitrogens is 1. The van der Waals surface area contributed by atoms with Gasteiger partial charge in [0.1, 0.15) is 17.7 Å². The van der Waals surface area contributed by atoms with Gasteiger partial charge in [-0.1, -0.05) is 18.2 Å². The number of nitrogens with zero attached hydrogens (tertiary/aromatic N) is 2. The molecule has 8 nitrogen and oxygen atoms in total. The van der Waals surface area contributed by atoms with Crippen molar-refractivity contribution in [2.45, 2.75) is 65.0 Å². The number of halogens is 3. The van der Waals surface area contributed by atoms with Gasteiger partial charge in [-0.05, 0) is 92.4 Å². The topological polar surface area (TPSA) is 101 Å². The van der Waals surface area contributed by atoms with Crippen LogP contribution in [0.15, 0.2) is 60.8 Å². The zero-order chi connectivity index (χ0) is 33.0. The summed E-state index contributed by atoms with van der Waals surface area (Å²) in [5.74, 6) is -0.810. The number of aliphatic hydroxyl groups excluding tert-OH is 1. The number of anilines is 1. The van der Waals surface area contributed by atoms with Crippen molar-refractivity contribution >= 4 is 28.6 Å². The van der Waals surface area contributed by atoms with Gasteiger partial charge in [0, 0.05) is 46.9 Å². The standard InChI is InChI=1S/C35H33F3N2O6/c1-19-17-25-23(10-12-27(41)40(25)18-20-5-7-22(8-6-20)45-35(36,37)38)30(28(19)32(33(42)43)46-34(2,3)4)24-9-11-26-29-21(14-16-44-26)13-15-39-31(24)29/h5-13,15,17,27,32,41H,14,16,18H2,1-4H3,(H,42,43). The van der Waals surface area contributed by atoms with E-state index in [4.69, 9.17) is 14.5 Å². The van der Waals surface area contributed by atoms with Crippen LogP contribution in [0, 0.1) is 6.92 Å². The van der Waals surface area contributed by atoms with Gasteiger partial charge in [-0.2, -0.15) is 0 Å². The van der Waals surface area contributed by atoms with Crippen LogP contribution >= 0.6 is 0 Å². The van der Waals surface area contributed by atoms with Gasteiger partial charge in [0.15, 0.2) is 6.10 Å². The summed E-state index contributed by atoms with van der Waals surface area (Å²) in [6, 6.07) is 13.0. The predicted molar refractivity (Wildman–Crippen MR) is 167 cm³/mol. The highest BCUT2D eigenvalue weighted by atomic mass is 19.4. The van der Waals surface area contributed by atoms with Crippen LogP contribution in [0.5, 0.6) is 11.5 Å². The van der Waals surface area contributed by atoms with Crippen LogP contribution in [-0.4, -0.2) is 46.0 Å². The normalized spacial score (nSPS) is 16.6. The van der Waals surface area contributed by atoms with E-state index >= 15 is 0 Å². The second-order valence-corrected chi connectivity index (χ2v) is 12.4. The van der Waals surface area contributed by atoms with Crippen LogP contribution in [0.25, 0.3) is 28.1 Å². The molecule has 6 rings (SSSR count). The molecule has 3 heterocycles. The molecule has 2 N–H and O–H groups in total. The van der Waals surface area contributed by atoms with Crippen LogP contribution in [0.3, 0.4) is 0 Å². The van der Waals surface area contributed by atoms with Crippen LogP contribution in [0.2, 0.25) is 0 Å². The third kappa shape index (κ3) is 6.12. The van der Waals surface area contributed by atoms with E-state index in [9.17, 15) is 28.2 Å². The molecule has 0 saturated heterocycles. The molecule has 0 fully saturated rings. The van der Waals surface area contributed by atoms with Gasteiger partial charge in [0.05, 0.1) is 17.7 Å². The zero-order valence-electron chi connectivity index (χ0n) is 25.7. The Morgan fingerprint density at radius 1 is 1.13 bits per heavy atom. The molecule has 46 heavy (non-hydrogen) atoms. The first-order valence-corrected chi connectivity index (χ1v) is 14.8. The molecule has 1 aromatic heterocycles. The Balaban J connectivity index is 1.56.